The first-order valence-electron chi connectivity index (χ1n) is 8.68. The largest absolute Gasteiger partial charge is 0.497 e. The summed E-state index contributed by atoms with van der Waals surface area (Å²) in [6.07, 6.45) is 3.34. The van der Waals surface area contributed by atoms with Gasteiger partial charge in [-0.1, -0.05) is 12.1 Å². The first-order valence-corrected chi connectivity index (χ1v) is 8.68. The highest BCUT2D eigenvalue weighted by molar-refractivity contribution is 5.70. The van der Waals surface area contributed by atoms with E-state index in [9.17, 15) is 4.39 Å². The number of halogens is 1. The Bertz CT molecular complexity index is 1090. The number of hydrogen-bond acceptors (Lipinski definition) is 5. The monoisotopic (exact) mass is 372 g/mol. The van der Waals surface area contributed by atoms with E-state index >= 15 is 0 Å². The average molecular weight is 372 g/mol. The van der Waals surface area contributed by atoms with E-state index < -0.39 is 0 Å². The Morgan fingerprint density at radius 1 is 0.893 bits per heavy atom. The van der Waals surface area contributed by atoms with Crippen molar-refractivity contribution in [1.29, 1.82) is 0 Å². The molecule has 0 saturated carbocycles. The fourth-order valence-corrected chi connectivity index (χ4v) is 2.77. The zero-order chi connectivity index (χ0) is 19.3. The second kappa shape index (κ2) is 7.84. The van der Waals surface area contributed by atoms with Crippen molar-refractivity contribution in [3.05, 3.63) is 84.9 Å². The Morgan fingerprint density at radius 2 is 1.64 bits per heavy atom. The van der Waals surface area contributed by atoms with Gasteiger partial charge in [0.2, 0.25) is 0 Å². The Balaban J connectivity index is 1.78. The maximum absolute atomic E-state index is 14.3. The molecule has 4 rings (SSSR count). The second-order valence-electron chi connectivity index (χ2n) is 6.03. The SMILES string of the molecule is COc1ccc(Nc2cc(-c3ccccc3F)nc(-c3ccncc3)n2)cc1. The maximum atomic E-state index is 14.3. The minimum Gasteiger partial charge on any atom is -0.497 e. The maximum Gasteiger partial charge on any atom is 0.162 e. The van der Waals surface area contributed by atoms with Crippen LogP contribution < -0.4 is 10.1 Å². The lowest BCUT2D eigenvalue weighted by molar-refractivity contribution is 0.415. The van der Waals surface area contributed by atoms with Crippen LogP contribution in [0, 0.1) is 5.82 Å². The topological polar surface area (TPSA) is 59.9 Å². The van der Waals surface area contributed by atoms with Gasteiger partial charge in [-0.05, 0) is 48.5 Å². The Labute approximate surface area is 161 Å². The molecule has 0 fully saturated rings. The van der Waals surface area contributed by atoms with E-state index in [4.69, 9.17) is 4.74 Å². The number of nitrogens with zero attached hydrogens (tertiary/aromatic N) is 3. The van der Waals surface area contributed by atoms with E-state index in [0.29, 0.717) is 22.9 Å². The number of ether oxygens (including phenoxy) is 1. The number of nitrogens with one attached hydrogen (secondary N) is 1. The van der Waals surface area contributed by atoms with Gasteiger partial charge in [0.15, 0.2) is 5.82 Å². The summed E-state index contributed by atoms with van der Waals surface area (Å²) in [4.78, 5) is 13.2. The minimum absolute atomic E-state index is 0.336. The standard InChI is InChI=1S/C22H17FN4O/c1-28-17-8-6-16(7-9-17)25-21-14-20(18-4-2-3-5-19(18)23)26-22(27-21)15-10-12-24-13-11-15/h2-14H,1H3,(H,25,26,27). The molecule has 2 aromatic carbocycles. The summed E-state index contributed by atoms with van der Waals surface area (Å²) < 4.78 is 19.5. The number of benzene rings is 2. The van der Waals surface area contributed by atoms with E-state index in [1.165, 1.54) is 6.07 Å². The van der Waals surface area contributed by atoms with Crippen molar-refractivity contribution in [2.75, 3.05) is 12.4 Å². The Hall–Kier alpha value is -3.80. The number of pyridine rings is 1. The summed E-state index contributed by atoms with van der Waals surface area (Å²) >= 11 is 0. The van der Waals surface area contributed by atoms with Crippen molar-refractivity contribution in [2.24, 2.45) is 0 Å². The number of methoxy groups -OCH3 is 1. The van der Waals surface area contributed by atoms with Crippen LogP contribution in [0.1, 0.15) is 0 Å². The molecular weight excluding hydrogens is 355 g/mol. The van der Waals surface area contributed by atoms with E-state index in [1.54, 1.807) is 43.8 Å². The van der Waals surface area contributed by atoms with Crippen molar-refractivity contribution >= 4 is 11.5 Å². The van der Waals surface area contributed by atoms with Gasteiger partial charge in [-0.3, -0.25) is 4.98 Å². The first-order chi connectivity index (χ1) is 13.7. The molecule has 2 aromatic heterocycles. The van der Waals surface area contributed by atoms with Crippen molar-refractivity contribution < 1.29 is 9.13 Å². The highest BCUT2D eigenvalue weighted by atomic mass is 19.1. The molecule has 0 amide bonds. The lowest BCUT2D eigenvalue weighted by Crippen LogP contribution is -2.00. The lowest BCUT2D eigenvalue weighted by Gasteiger charge is -2.11. The molecule has 6 heteroatoms. The third kappa shape index (κ3) is 3.81. The van der Waals surface area contributed by atoms with E-state index in [2.05, 4.69) is 20.3 Å². The molecule has 138 valence electrons. The van der Waals surface area contributed by atoms with Crippen molar-refractivity contribution in [3.63, 3.8) is 0 Å². The molecule has 0 aliphatic carbocycles. The summed E-state index contributed by atoms with van der Waals surface area (Å²) in [7, 11) is 1.62. The molecule has 2 heterocycles. The molecule has 0 spiro atoms. The third-order valence-electron chi connectivity index (χ3n) is 4.18. The van der Waals surface area contributed by atoms with Crippen molar-refractivity contribution in [3.8, 4) is 28.4 Å². The van der Waals surface area contributed by atoms with Gasteiger partial charge >= 0.3 is 0 Å². The average Bonchev–Trinajstić information content (AvgIpc) is 2.75. The second-order valence-corrected chi connectivity index (χ2v) is 6.03. The van der Waals surface area contributed by atoms with Gasteiger partial charge in [-0.2, -0.15) is 0 Å². The molecule has 0 radical (unpaired) electrons. The summed E-state index contributed by atoms with van der Waals surface area (Å²) in [5.41, 5.74) is 2.54. The number of aromatic nitrogens is 3. The molecule has 0 aliphatic heterocycles. The molecule has 0 saturated heterocycles. The predicted molar refractivity (Wildman–Crippen MR) is 107 cm³/mol. The normalized spacial score (nSPS) is 10.5. The van der Waals surface area contributed by atoms with Gasteiger partial charge in [0.1, 0.15) is 17.4 Å². The molecule has 0 aliphatic rings. The van der Waals surface area contributed by atoms with Crippen molar-refractivity contribution in [2.45, 2.75) is 0 Å². The van der Waals surface area contributed by atoms with Crippen LogP contribution >= 0.6 is 0 Å². The lowest BCUT2D eigenvalue weighted by atomic mass is 10.1. The highest BCUT2D eigenvalue weighted by Gasteiger charge is 2.12. The van der Waals surface area contributed by atoms with E-state index in [-0.39, 0.29) is 5.82 Å². The van der Waals surface area contributed by atoms with Crippen LogP contribution in [-0.4, -0.2) is 22.1 Å². The Kier molecular flexibility index (Phi) is 4.93. The molecule has 4 aromatic rings. The van der Waals surface area contributed by atoms with Crippen LogP contribution in [0.3, 0.4) is 0 Å². The fourth-order valence-electron chi connectivity index (χ4n) is 2.77. The molecule has 0 unspecified atom stereocenters. The molecular formula is C22H17FN4O. The number of anilines is 2. The van der Waals surface area contributed by atoms with E-state index in [0.717, 1.165) is 17.0 Å². The van der Waals surface area contributed by atoms with Crippen LogP contribution in [0.5, 0.6) is 5.75 Å². The quantitative estimate of drug-likeness (QED) is 0.528. The zero-order valence-electron chi connectivity index (χ0n) is 15.1. The first kappa shape index (κ1) is 17.6. The van der Waals surface area contributed by atoms with Crippen LogP contribution in [0.2, 0.25) is 0 Å². The Morgan fingerprint density at radius 3 is 2.36 bits per heavy atom. The van der Waals surface area contributed by atoms with Crippen LogP contribution in [0.25, 0.3) is 22.6 Å². The third-order valence-corrected chi connectivity index (χ3v) is 4.18. The number of hydrogen-bond donors (Lipinski definition) is 1. The summed E-state index contributed by atoms with van der Waals surface area (Å²) in [6, 6.07) is 19.4. The molecule has 0 atom stereocenters. The molecule has 28 heavy (non-hydrogen) atoms. The van der Waals surface area contributed by atoms with Gasteiger partial charge in [-0.15, -0.1) is 0 Å². The number of rotatable bonds is 5. The summed E-state index contributed by atoms with van der Waals surface area (Å²) in [5, 5.41) is 3.25. The van der Waals surface area contributed by atoms with Crippen LogP contribution in [0.15, 0.2) is 79.1 Å². The van der Waals surface area contributed by atoms with Gasteiger partial charge in [-0.25, -0.2) is 14.4 Å². The summed E-state index contributed by atoms with van der Waals surface area (Å²) in [5.74, 6) is 1.47. The predicted octanol–water partition coefficient (Wildman–Crippen LogP) is 5.10. The molecule has 5 nitrogen and oxygen atoms in total. The smallest absolute Gasteiger partial charge is 0.162 e. The summed E-state index contributed by atoms with van der Waals surface area (Å²) in [6.45, 7) is 0. The van der Waals surface area contributed by atoms with E-state index in [1.807, 2.05) is 36.4 Å². The van der Waals surface area contributed by atoms with Crippen LogP contribution in [-0.2, 0) is 0 Å². The zero-order valence-corrected chi connectivity index (χ0v) is 15.1. The van der Waals surface area contributed by atoms with Gasteiger partial charge in [0.05, 0.1) is 12.8 Å². The molecule has 1 N–H and O–H groups in total. The van der Waals surface area contributed by atoms with Gasteiger partial charge < -0.3 is 10.1 Å². The molecule has 0 bridgehead atoms. The highest BCUT2D eigenvalue weighted by Crippen LogP contribution is 2.28. The van der Waals surface area contributed by atoms with Crippen molar-refractivity contribution in [1.82, 2.24) is 15.0 Å². The minimum atomic E-state index is -0.336. The van der Waals surface area contributed by atoms with Crippen LogP contribution in [0.4, 0.5) is 15.9 Å². The van der Waals surface area contributed by atoms with Gasteiger partial charge in [0, 0.05) is 35.3 Å². The fraction of sp³-hybridized carbons (Fsp3) is 0.0455. The van der Waals surface area contributed by atoms with Gasteiger partial charge in [0.25, 0.3) is 0 Å².